The maximum Gasteiger partial charge on any atom is 0.124 e. The molecule has 2 aromatic rings. The highest BCUT2D eigenvalue weighted by Gasteiger charge is 2.24. The molecule has 0 spiro atoms. The Bertz CT molecular complexity index is 736. The van der Waals surface area contributed by atoms with E-state index in [0.29, 0.717) is 5.56 Å². The Morgan fingerprint density at radius 3 is 2.64 bits per heavy atom. The van der Waals surface area contributed by atoms with Crippen LogP contribution in [0.25, 0.3) is 0 Å². The molecule has 1 fully saturated rings. The summed E-state index contributed by atoms with van der Waals surface area (Å²) in [5.41, 5.74) is 2.73. The topological polar surface area (TPSA) is 65.3 Å². The van der Waals surface area contributed by atoms with Gasteiger partial charge in [-0.25, -0.2) is 0 Å². The normalized spacial score (nSPS) is 21.2. The molecule has 4 heteroatoms. The Hall–Kier alpha value is -2.51. The molecule has 0 aromatic heterocycles. The largest absolute Gasteiger partial charge is 0.488 e. The monoisotopic (exact) mass is 336 g/mol. The first-order chi connectivity index (χ1) is 12.2. The third-order valence-corrected chi connectivity index (χ3v) is 4.71. The predicted octanol–water partition coefficient (Wildman–Crippen LogP) is 4.41. The maximum absolute atomic E-state index is 10.0. The number of aliphatic hydroxyl groups excluding tert-OH is 1. The first kappa shape index (κ1) is 17.3. The molecular formula is C21H24N2O2. The van der Waals surface area contributed by atoms with Gasteiger partial charge in [-0.1, -0.05) is 18.6 Å². The molecule has 1 aliphatic carbocycles. The molecule has 3 unspecified atom stereocenters. The minimum absolute atomic E-state index is 0.0970. The Morgan fingerprint density at radius 1 is 1.16 bits per heavy atom. The van der Waals surface area contributed by atoms with Crippen LogP contribution >= 0.6 is 0 Å². The summed E-state index contributed by atoms with van der Waals surface area (Å²) in [5.74, 6) is 0.788. The van der Waals surface area contributed by atoms with Crippen LogP contribution in [0.15, 0.2) is 48.5 Å². The molecule has 2 aromatic carbocycles. The zero-order valence-corrected chi connectivity index (χ0v) is 14.5. The molecule has 2 N–H and O–H groups in total. The molecule has 130 valence electrons. The van der Waals surface area contributed by atoms with Gasteiger partial charge >= 0.3 is 0 Å². The molecule has 0 aliphatic heterocycles. The lowest BCUT2D eigenvalue weighted by Crippen LogP contribution is -2.34. The summed E-state index contributed by atoms with van der Waals surface area (Å²) in [7, 11) is 0. The van der Waals surface area contributed by atoms with Crippen molar-refractivity contribution < 1.29 is 9.84 Å². The Kier molecular flexibility index (Phi) is 5.57. The fourth-order valence-electron chi connectivity index (χ4n) is 3.23. The van der Waals surface area contributed by atoms with Crippen molar-refractivity contribution in [1.29, 1.82) is 5.26 Å². The van der Waals surface area contributed by atoms with Gasteiger partial charge < -0.3 is 15.2 Å². The van der Waals surface area contributed by atoms with Crippen molar-refractivity contribution in [2.24, 2.45) is 0 Å². The smallest absolute Gasteiger partial charge is 0.124 e. The number of anilines is 1. The number of hydrogen-bond acceptors (Lipinski definition) is 4. The lowest BCUT2D eigenvalue weighted by Gasteiger charge is -2.28. The highest BCUT2D eigenvalue weighted by atomic mass is 16.5. The van der Waals surface area contributed by atoms with E-state index < -0.39 is 0 Å². The highest BCUT2D eigenvalue weighted by Crippen LogP contribution is 2.26. The van der Waals surface area contributed by atoms with E-state index >= 15 is 0 Å². The number of nitrogens with zero attached hydrogens (tertiary/aromatic N) is 1. The van der Waals surface area contributed by atoms with Gasteiger partial charge in [-0.2, -0.15) is 5.26 Å². The standard InChI is InChI=1S/C21H24N2O2/c1-15(17-6-4-5-16(13-17)14-22)23-18-9-11-19(12-10-18)25-21-8-3-2-7-20(21)24/h4-6,9-13,15,20-21,23-24H,2-3,7-8H2,1H3. The van der Waals surface area contributed by atoms with Crippen molar-refractivity contribution in [3.63, 3.8) is 0 Å². The van der Waals surface area contributed by atoms with Gasteiger partial charge in [-0.15, -0.1) is 0 Å². The van der Waals surface area contributed by atoms with Crippen LogP contribution in [0.3, 0.4) is 0 Å². The molecule has 25 heavy (non-hydrogen) atoms. The summed E-state index contributed by atoms with van der Waals surface area (Å²) >= 11 is 0. The molecular weight excluding hydrogens is 312 g/mol. The molecule has 1 saturated carbocycles. The Morgan fingerprint density at radius 2 is 1.92 bits per heavy atom. The zero-order chi connectivity index (χ0) is 17.6. The predicted molar refractivity (Wildman–Crippen MR) is 98.5 cm³/mol. The molecule has 1 aliphatic rings. The van der Waals surface area contributed by atoms with Crippen molar-refractivity contribution in [3.05, 3.63) is 59.7 Å². The van der Waals surface area contributed by atoms with E-state index in [1.807, 2.05) is 48.5 Å². The molecule has 0 radical (unpaired) electrons. The van der Waals surface area contributed by atoms with Crippen LogP contribution in [0.1, 0.15) is 49.8 Å². The van der Waals surface area contributed by atoms with E-state index in [4.69, 9.17) is 10.00 Å². The third kappa shape index (κ3) is 4.52. The fourth-order valence-corrected chi connectivity index (χ4v) is 3.23. The van der Waals surface area contributed by atoms with Gasteiger partial charge in [0.05, 0.1) is 17.7 Å². The number of nitrogens with one attached hydrogen (secondary N) is 1. The van der Waals surface area contributed by atoms with Gasteiger partial charge in [0, 0.05) is 11.7 Å². The maximum atomic E-state index is 10.0. The first-order valence-corrected chi connectivity index (χ1v) is 8.87. The van der Waals surface area contributed by atoms with Crippen molar-refractivity contribution in [1.82, 2.24) is 0 Å². The number of benzene rings is 2. The molecule has 0 amide bonds. The quantitative estimate of drug-likeness (QED) is 0.848. The molecule has 0 bridgehead atoms. The van der Waals surface area contributed by atoms with Gasteiger partial charge in [-0.05, 0) is 68.1 Å². The summed E-state index contributed by atoms with van der Waals surface area (Å²) in [5, 5.41) is 22.5. The van der Waals surface area contributed by atoms with Gasteiger partial charge in [0.2, 0.25) is 0 Å². The van der Waals surface area contributed by atoms with Crippen LogP contribution in [0.4, 0.5) is 5.69 Å². The van der Waals surface area contributed by atoms with E-state index in [9.17, 15) is 5.11 Å². The van der Waals surface area contributed by atoms with E-state index in [1.165, 1.54) is 0 Å². The van der Waals surface area contributed by atoms with Gasteiger partial charge in [0.25, 0.3) is 0 Å². The van der Waals surface area contributed by atoms with Crippen molar-refractivity contribution >= 4 is 5.69 Å². The zero-order valence-electron chi connectivity index (χ0n) is 14.5. The van der Waals surface area contributed by atoms with Crippen molar-refractivity contribution in [2.45, 2.75) is 50.9 Å². The summed E-state index contributed by atoms with van der Waals surface area (Å²) in [6, 6.07) is 17.7. The SMILES string of the molecule is CC(Nc1ccc(OC2CCCCC2O)cc1)c1cccc(C#N)c1. The number of nitriles is 1. The molecule has 0 saturated heterocycles. The average molecular weight is 336 g/mol. The minimum atomic E-state index is -0.362. The average Bonchev–Trinajstić information content (AvgIpc) is 2.65. The first-order valence-electron chi connectivity index (χ1n) is 8.87. The second-order valence-electron chi connectivity index (χ2n) is 6.64. The van der Waals surface area contributed by atoms with E-state index in [-0.39, 0.29) is 18.2 Å². The Labute approximate surface area is 149 Å². The van der Waals surface area contributed by atoms with E-state index in [1.54, 1.807) is 0 Å². The van der Waals surface area contributed by atoms with Gasteiger partial charge in [-0.3, -0.25) is 0 Å². The number of hydrogen-bond donors (Lipinski definition) is 2. The van der Waals surface area contributed by atoms with Crippen LogP contribution in [0, 0.1) is 11.3 Å². The van der Waals surface area contributed by atoms with Crippen LogP contribution < -0.4 is 10.1 Å². The molecule has 4 nitrogen and oxygen atoms in total. The summed E-state index contributed by atoms with van der Waals surface area (Å²) < 4.78 is 5.93. The van der Waals surface area contributed by atoms with E-state index in [0.717, 1.165) is 42.7 Å². The lowest BCUT2D eigenvalue weighted by atomic mass is 9.95. The van der Waals surface area contributed by atoms with E-state index in [2.05, 4.69) is 18.3 Å². The molecule has 3 rings (SSSR count). The fraction of sp³-hybridized carbons (Fsp3) is 0.381. The summed E-state index contributed by atoms with van der Waals surface area (Å²) in [4.78, 5) is 0. The van der Waals surface area contributed by atoms with Crippen LogP contribution in [0.2, 0.25) is 0 Å². The van der Waals surface area contributed by atoms with Crippen LogP contribution in [-0.2, 0) is 0 Å². The second-order valence-corrected chi connectivity index (χ2v) is 6.64. The van der Waals surface area contributed by atoms with Crippen molar-refractivity contribution in [3.8, 4) is 11.8 Å². The molecule has 3 atom stereocenters. The molecule has 0 heterocycles. The third-order valence-electron chi connectivity index (χ3n) is 4.71. The summed E-state index contributed by atoms with van der Waals surface area (Å²) in [6.45, 7) is 2.07. The minimum Gasteiger partial charge on any atom is -0.488 e. The summed E-state index contributed by atoms with van der Waals surface area (Å²) in [6.07, 6.45) is 3.46. The van der Waals surface area contributed by atoms with Gasteiger partial charge in [0.15, 0.2) is 0 Å². The Balaban J connectivity index is 1.61. The number of ether oxygens (including phenoxy) is 1. The number of aliphatic hydroxyl groups is 1. The second kappa shape index (κ2) is 8.04. The lowest BCUT2D eigenvalue weighted by molar-refractivity contribution is 0.00688. The van der Waals surface area contributed by atoms with Crippen molar-refractivity contribution in [2.75, 3.05) is 5.32 Å². The van der Waals surface area contributed by atoms with Crippen LogP contribution in [-0.4, -0.2) is 17.3 Å². The van der Waals surface area contributed by atoms with Gasteiger partial charge in [0.1, 0.15) is 11.9 Å². The number of rotatable bonds is 5. The highest BCUT2D eigenvalue weighted by molar-refractivity contribution is 5.48. The van der Waals surface area contributed by atoms with Crippen LogP contribution in [0.5, 0.6) is 5.75 Å².